The van der Waals surface area contributed by atoms with Crippen LogP contribution in [0, 0.1) is 5.82 Å². The van der Waals surface area contributed by atoms with Crippen molar-refractivity contribution in [1.29, 1.82) is 0 Å². The number of ether oxygens (including phenoxy) is 1. The van der Waals surface area contributed by atoms with Gasteiger partial charge in [0, 0.05) is 18.7 Å². The van der Waals surface area contributed by atoms with Gasteiger partial charge in [0.2, 0.25) is 5.95 Å². The van der Waals surface area contributed by atoms with Gasteiger partial charge in [0.15, 0.2) is 11.6 Å². The van der Waals surface area contributed by atoms with Crippen LogP contribution in [0.15, 0.2) is 60.8 Å². The van der Waals surface area contributed by atoms with E-state index < -0.39 is 5.82 Å². The molecule has 2 aromatic carbocycles. The van der Waals surface area contributed by atoms with Crippen LogP contribution in [-0.2, 0) is 4.84 Å². The molecule has 1 fully saturated rings. The standard InChI is InChI=1S/C25H30FN5O2.ClH/c1-3-30(4-2)15-17-32-21-12-10-20(11-13-21)28-25-27-18-22(26)24(29-25)31-23(14-16-33-31)19-8-6-5-7-9-19;/h5-13,18,23H,3-4,14-17H2,1-2H3,(H,27,28,29);1H. The zero-order valence-corrected chi connectivity index (χ0v) is 20.3. The summed E-state index contributed by atoms with van der Waals surface area (Å²) in [7, 11) is 0. The highest BCUT2D eigenvalue weighted by Crippen LogP contribution is 2.35. The van der Waals surface area contributed by atoms with Crippen LogP contribution >= 0.6 is 12.4 Å². The average Bonchev–Trinajstić information content (AvgIpc) is 3.34. The fraction of sp³-hybridized carbons (Fsp3) is 0.360. The van der Waals surface area contributed by atoms with Gasteiger partial charge in [-0.15, -0.1) is 12.4 Å². The summed E-state index contributed by atoms with van der Waals surface area (Å²) >= 11 is 0. The van der Waals surface area contributed by atoms with E-state index in [-0.39, 0.29) is 24.3 Å². The lowest BCUT2D eigenvalue weighted by atomic mass is 10.0. The van der Waals surface area contributed by atoms with Crippen molar-refractivity contribution < 1.29 is 14.0 Å². The summed E-state index contributed by atoms with van der Waals surface area (Å²) < 4.78 is 20.5. The Kier molecular flexibility index (Phi) is 9.44. The first-order chi connectivity index (χ1) is 16.2. The van der Waals surface area contributed by atoms with Crippen molar-refractivity contribution in [2.24, 2.45) is 0 Å². The van der Waals surface area contributed by atoms with Crippen molar-refractivity contribution in [2.45, 2.75) is 26.3 Å². The van der Waals surface area contributed by atoms with Crippen LogP contribution in [0.5, 0.6) is 5.75 Å². The molecule has 2 heterocycles. The lowest BCUT2D eigenvalue weighted by Gasteiger charge is -2.24. The van der Waals surface area contributed by atoms with Gasteiger partial charge in [-0.2, -0.15) is 4.98 Å². The first-order valence-corrected chi connectivity index (χ1v) is 11.4. The Morgan fingerprint density at radius 2 is 1.85 bits per heavy atom. The van der Waals surface area contributed by atoms with Crippen LogP contribution < -0.4 is 15.1 Å². The van der Waals surface area contributed by atoms with E-state index in [4.69, 9.17) is 9.57 Å². The molecule has 1 N–H and O–H groups in total. The van der Waals surface area contributed by atoms with Gasteiger partial charge in [0.05, 0.1) is 18.8 Å². The summed E-state index contributed by atoms with van der Waals surface area (Å²) in [6.07, 6.45) is 1.92. The number of halogens is 2. The Morgan fingerprint density at radius 3 is 2.56 bits per heavy atom. The first kappa shape index (κ1) is 25.7. The molecule has 7 nitrogen and oxygen atoms in total. The van der Waals surface area contributed by atoms with E-state index in [1.54, 1.807) is 5.06 Å². The zero-order valence-electron chi connectivity index (χ0n) is 19.5. The van der Waals surface area contributed by atoms with Gasteiger partial charge in [-0.05, 0) is 42.9 Å². The maximum absolute atomic E-state index is 14.6. The van der Waals surface area contributed by atoms with E-state index in [1.807, 2.05) is 54.6 Å². The van der Waals surface area contributed by atoms with Gasteiger partial charge in [0.25, 0.3) is 0 Å². The minimum atomic E-state index is -0.527. The highest BCUT2D eigenvalue weighted by molar-refractivity contribution is 5.85. The molecule has 0 bridgehead atoms. The Balaban J connectivity index is 0.00000324. The predicted octanol–water partition coefficient (Wildman–Crippen LogP) is 5.38. The molecule has 1 aliphatic rings. The average molecular weight is 488 g/mol. The van der Waals surface area contributed by atoms with E-state index >= 15 is 0 Å². The lowest BCUT2D eigenvalue weighted by Crippen LogP contribution is -2.27. The molecule has 182 valence electrons. The summed E-state index contributed by atoms with van der Waals surface area (Å²) in [5.74, 6) is 0.684. The molecule has 0 aliphatic carbocycles. The third-order valence-electron chi connectivity index (χ3n) is 5.70. The minimum Gasteiger partial charge on any atom is -0.492 e. The van der Waals surface area contributed by atoms with Crippen LogP contribution in [0.3, 0.4) is 0 Å². The SMILES string of the molecule is CCN(CC)CCOc1ccc(Nc2ncc(F)c(N3OCCC3c3ccccc3)n2)cc1.Cl. The molecule has 4 rings (SSSR count). The molecule has 0 radical (unpaired) electrons. The van der Waals surface area contributed by atoms with Gasteiger partial charge in [0.1, 0.15) is 12.4 Å². The monoisotopic (exact) mass is 487 g/mol. The van der Waals surface area contributed by atoms with Crippen molar-refractivity contribution >= 4 is 29.9 Å². The summed E-state index contributed by atoms with van der Waals surface area (Å²) in [6, 6.07) is 17.4. The van der Waals surface area contributed by atoms with Gasteiger partial charge in [-0.1, -0.05) is 44.2 Å². The Bertz CT molecular complexity index is 1020. The predicted molar refractivity (Wildman–Crippen MR) is 134 cm³/mol. The molecular formula is C25H31ClFN5O2. The normalized spacial score (nSPS) is 15.3. The first-order valence-electron chi connectivity index (χ1n) is 11.4. The molecule has 9 heteroatoms. The van der Waals surface area contributed by atoms with Gasteiger partial charge >= 0.3 is 0 Å². The number of hydrogen-bond acceptors (Lipinski definition) is 7. The minimum absolute atomic E-state index is 0. The summed E-state index contributed by atoms with van der Waals surface area (Å²) in [6.45, 7) is 8.34. The smallest absolute Gasteiger partial charge is 0.229 e. The van der Waals surface area contributed by atoms with Crippen LogP contribution in [-0.4, -0.2) is 47.7 Å². The van der Waals surface area contributed by atoms with Gasteiger partial charge in [-0.25, -0.2) is 14.4 Å². The molecule has 1 unspecified atom stereocenters. The number of hydrogen-bond donors (Lipinski definition) is 1. The Hall–Kier alpha value is -2.94. The fourth-order valence-electron chi connectivity index (χ4n) is 3.82. The zero-order chi connectivity index (χ0) is 23.0. The van der Waals surface area contributed by atoms with Crippen LogP contribution in [0.4, 0.5) is 21.8 Å². The van der Waals surface area contributed by atoms with E-state index in [0.29, 0.717) is 19.2 Å². The van der Waals surface area contributed by atoms with Crippen molar-refractivity contribution in [2.75, 3.05) is 43.2 Å². The van der Waals surface area contributed by atoms with Crippen LogP contribution in [0.1, 0.15) is 31.9 Å². The molecule has 3 aromatic rings. The molecule has 1 aromatic heterocycles. The fourth-order valence-corrected chi connectivity index (χ4v) is 3.82. The molecular weight excluding hydrogens is 457 g/mol. The van der Waals surface area contributed by atoms with Crippen LogP contribution in [0.2, 0.25) is 0 Å². The number of aromatic nitrogens is 2. The van der Waals surface area contributed by atoms with Crippen molar-refractivity contribution in [3.8, 4) is 5.75 Å². The highest BCUT2D eigenvalue weighted by atomic mass is 35.5. The van der Waals surface area contributed by atoms with E-state index in [0.717, 1.165) is 43.1 Å². The van der Waals surface area contributed by atoms with Gasteiger partial charge < -0.3 is 15.0 Å². The Labute approximate surface area is 206 Å². The summed E-state index contributed by atoms with van der Waals surface area (Å²) in [4.78, 5) is 16.5. The quantitative estimate of drug-likeness (QED) is 0.411. The number of benzene rings is 2. The highest BCUT2D eigenvalue weighted by Gasteiger charge is 2.31. The third kappa shape index (κ3) is 6.34. The van der Waals surface area contributed by atoms with Crippen molar-refractivity contribution in [1.82, 2.24) is 14.9 Å². The van der Waals surface area contributed by atoms with Crippen molar-refractivity contribution in [3.63, 3.8) is 0 Å². The van der Waals surface area contributed by atoms with Crippen LogP contribution in [0.25, 0.3) is 0 Å². The number of nitrogens with one attached hydrogen (secondary N) is 1. The number of hydroxylamine groups is 1. The largest absolute Gasteiger partial charge is 0.492 e. The second-order valence-electron chi connectivity index (χ2n) is 7.76. The third-order valence-corrected chi connectivity index (χ3v) is 5.70. The van der Waals surface area contributed by atoms with E-state index in [9.17, 15) is 4.39 Å². The summed E-state index contributed by atoms with van der Waals surface area (Å²) in [5.41, 5.74) is 1.84. The molecule has 0 spiro atoms. The lowest BCUT2D eigenvalue weighted by molar-refractivity contribution is 0.154. The van der Waals surface area contributed by atoms with Gasteiger partial charge in [-0.3, -0.25) is 4.84 Å². The second-order valence-corrected chi connectivity index (χ2v) is 7.76. The molecule has 1 aliphatic heterocycles. The molecule has 1 saturated heterocycles. The maximum atomic E-state index is 14.6. The molecule has 1 atom stereocenters. The number of rotatable bonds is 10. The van der Waals surface area contributed by atoms with E-state index in [2.05, 4.69) is 34.0 Å². The Morgan fingerprint density at radius 1 is 1.12 bits per heavy atom. The van der Waals surface area contributed by atoms with E-state index in [1.165, 1.54) is 6.20 Å². The topological polar surface area (TPSA) is 62.8 Å². The maximum Gasteiger partial charge on any atom is 0.229 e. The number of likely N-dealkylation sites (N-methyl/N-ethyl adjacent to an activating group) is 1. The molecule has 0 saturated carbocycles. The van der Waals surface area contributed by atoms with Crippen molar-refractivity contribution in [3.05, 3.63) is 72.2 Å². The summed E-state index contributed by atoms with van der Waals surface area (Å²) in [5, 5.41) is 4.68. The molecule has 0 amide bonds. The molecule has 34 heavy (non-hydrogen) atoms. The number of anilines is 3. The second kappa shape index (κ2) is 12.5. The number of nitrogens with zero attached hydrogens (tertiary/aromatic N) is 4.